The third-order valence-corrected chi connectivity index (χ3v) is 6.79. The first-order valence-electron chi connectivity index (χ1n) is 10.2. The monoisotopic (exact) mass is 412 g/mol. The second-order valence-corrected chi connectivity index (χ2v) is 8.45. The number of nitrogens with one attached hydrogen (secondary N) is 1. The molecule has 6 unspecified atom stereocenters. The second-order valence-electron chi connectivity index (χ2n) is 8.45. The fourth-order valence-corrected chi connectivity index (χ4v) is 5.39. The first-order chi connectivity index (χ1) is 14.4. The zero-order valence-corrected chi connectivity index (χ0v) is 16.1. The average molecular weight is 412 g/mol. The van der Waals surface area contributed by atoms with Gasteiger partial charge in [-0.05, 0) is 54.4 Å². The number of esters is 1. The molecule has 3 amide bonds. The lowest BCUT2D eigenvalue weighted by Gasteiger charge is -2.37. The van der Waals surface area contributed by atoms with Crippen LogP contribution in [0.3, 0.4) is 0 Å². The van der Waals surface area contributed by atoms with Crippen molar-refractivity contribution in [1.29, 1.82) is 0 Å². The summed E-state index contributed by atoms with van der Waals surface area (Å²) in [5, 5.41) is 2.49. The van der Waals surface area contributed by atoms with Crippen molar-refractivity contribution >= 4 is 29.4 Å². The van der Waals surface area contributed by atoms with Crippen LogP contribution >= 0.6 is 0 Å². The van der Waals surface area contributed by atoms with Crippen molar-refractivity contribution in [3.05, 3.63) is 42.2 Å². The molecule has 5 aliphatic rings. The summed E-state index contributed by atoms with van der Waals surface area (Å²) in [5.74, 6) is -1.23. The average Bonchev–Trinajstić information content (AvgIpc) is 3.52. The Balaban J connectivity index is 1.11. The normalized spacial score (nSPS) is 32.6. The van der Waals surface area contributed by atoms with Gasteiger partial charge in [-0.1, -0.05) is 12.2 Å². The van der Waals surface area contributed by atoms with Gasteiger partial charge in [0.15, 0.2) is 6.61 Å². The molecule has 7 nitrogen and oxygen atoms in total. The van der Waals surface area contributed by atoms with Gasteiger partial charge in [0, 0.05) is 12.2 Å². The van der Waals surface area contributed by atoms with Crippen molar-refractivity contribution in [2.75, 3.05) is 18.5 Å². The molecule has 2 bridgehead atoms. The second kappa shape index (κ2) is 7.04. The number of carbonyl (C=O) groups is 4. The summed E-state index contributed by atoms with van der Waals surface area (Å²) in [6.45, 7) is -0.529. The SMILES string of the molecule is O=C(COC(=O)CCN1C(=O)C2C3C=CC(C4CC34)C2C1=O)Nc1ccc(F)cc1. The lowest BCUT2D eigenvalue weighted by Crippen LogP contribution is -2.40. The van der Waals surface area contributed by atoms with E-state index in [4.69, 9.17) is 4.74 Å². The number of nitrogens with zero attached hydrogens (tertiary/aromatic N) is 1. The van der Waals surface area contributed by atoms with Gasteiger partial charge < -0.3 is 10.1 Å². The van der Waals surface area contributed by atoms with Crippen LogP contribution < -0.4 is 5.32 Å². The number of ether oxygens (including phenoxy) is 1. The molecule has 1 aromatic rings. The summed E-state index contributed by atoms with van der Waals surface area (Å²) in [5.41, 5.74) is 0.384. The van der Waals surface area contributed by atoms with E-state index < -0.39 is 24.3 Å². The maximum Gasteiger partial charge on any atom is 0.308 e. The molecule has 30 heavy (non-hydrogen) atoms. The standard InChI is InChI=1S/C22H21FN2O5/c23-11-1-3-12(4-2-11)24-17(26)10-30-18(27)7-8-25-21(28)19-13-5-6-14(16-9-15(13)16)20(19)22(25)29/h1-6,13-16,19-20H,7-10H2,(H,24,26). The Morgan fingerprint density at radius 1 is 1.03 bits per heavy atom. The molecule has 4 aliphatic carbocycles. The number of anilines is 1. The van der Waals surface area contributed by atoms with E-state index in [0.717, 1.165) is 6.42 Å². The Kier molecular flexibility index (Phi) is 4.45. The Morgan fingerprint density at radius 2 is 1.63 bits per heavy atom. The summed E-state index contributed by atoms with van der Waals surface area (Å²) in [4.78, 5) is 50.7. The molecule has 1 saturated heterocycles. The molecular formula is C22H21FN2O5. The van der Waals surface area contributed by atoms with E-state index in [1.54, 1.807) is 0 Å². The van der Waals surface area contributed by atoms with Crippen LogP contribution in [0.1, 0.15) is 12.8 Å². The number of hydrogen-bond acceptors (Lipinski definition) is 5. The molecule has 0 aromatic heterocycles. The van der Waals surface area contributed by atoms with E-state index >= 15 is 0 Å². The van der Waals surface area contributed by atoms with Gasteiger partial charge in [-0.3, -0.25) is 24.1 Å². The number of allylic oxidation sites excluding steroid dienone is 2. The molecular weight excluding hydrogens is 391 g/mol. The summed E-state index contributed by atoms with van der Waals surface area (Å²) < 4.78 is 17.8. The van der Waals surface area contributed by atoms with Crippen LogP contribution in [0.5, 0.6) is 0 Å². The zero-order chi connectivity index (χ0) is 21.0. The summed E-state index contributed by atoms with van der Waals surface area (Å²) in [6, 6.07) is 5.19. The number of imide groups is 1. The quantitative estimate of drug-likeness (QED) is 0.437. The van der Waals surface area contributed by atoms with E-state index in [1.165, 1.54) is 29.2 Å². The molecule has 6 rings (SSSR count). The number of hydrogen-bond donors (Lipinski definition) is 1. The topological polar surface area (TPSA) is 92.8 Å². The fourth-order valence-electron chi connectivity index (χ4n) is 5.39. The van der Waals surface area contributed by atoms with Gasteiger partial charge in [-0.25, -0.2) is 4.39 Å². The predicted molar refractivity (Wildman–Crippen MR) is 102 cm³/mol. The van der Waals surface area contributed by atoms with Crippen molar-refractivity contribution in [1.82, 2.24) is 4.90 Å². The third kappa shape index (κ3) is 3.11. The molecule has 6 atom stereocenters. The molecule has 8 heteroatoms. The molecule has 1 aliphatic heterocycles. The lowest BCUT2D eigenvalue weighted by molar-refractivity contribution is -0.148. The van der Waals surface area contributed by atoms with Crippen molar-refractivity contribution in [2.45, 2.75) is 12.8 Å². The third-order valence-electron chi connectivity index (χ3n) is 6.79. The number of amides is 3. The highest BCUT2D eigenvalue weighted by molar-refractivity contribution is 6.06. The first-order valence-corrected chi connectivity index (χ1v) is 10.2. The number of rotatable bonds is 6. The van der Waals surface area contributed by atoms with E-state index in [0.29, 0.717) is 17.5 Å². The van der Waals surface area contributed by atoms with Gasteiger partial charge in [0.1, 0.15) is 5.82 Å². The van der Waals surface area contributed by atoms with Crippen LogP contribution in [-0.2, 0) is 23.9 Å². The van der Waals surface area contributed by atoms with Gasteiger partial charge in [0.2, 0.25) is 11.8 Å². The highest BCUT2D eigenvalue weighted by Crippen LogP contribution is 2.65. The van der Waals surface area contributed by atoms with Gasteiger partial charge in [-0.2, -0.15) is 0 Å². The molecule has 1 heterocycles. The van der Waals surface area contributed by atoms with Crippen LogP contribution in [0.15, 0.2) is 36.4 Å². The summed E-state index contributed by atoms with van der Waals surface area (Å²) in [7, 11) is 0. The van der Waals surface area contributed by atoms with E-state index in [1.807, 2.05) is 0 Å². The highest BCUT2D eigenvalue weighted by Gasteiger charge is 2.66. The van der Waals surface area contributed by atoms with Crippen LogP contribution in [0.2, 0.25) is 0 Å². The van der Waals surface area contributed by atoms with Crippen molar-refractivity contribution in [3.63, 3.8) is 0 Å². The van der Waals surface area contributed by atoms with Crippen LogP contribution in [0.25, 0.3) is 0 Å². The molecule has 3 fully saturated rings. The van der Waals surface area contributed by atoms with Crippen LogP contribution in [0, 0.1) is 41.3 Å². The molecule has 2 saturated carbocycles. The van der Waals surface area contributed by atoms with Crippen LogP contribution in [-0.4, -0.2) is 41.7 Å². The minimum atomic E-state index is -0.663. The number of likely N-dealkylation sites (tertiary alicyclic amines) is 1. The molecule has 1 aromatic carbocycles. The molecule has 0 radical (unpaired) electrons. The summed E-state index contributed by atoms with van der Waals surface area (Å²) in [6.07, 6.45) is 5.14. The number of carbonyl (C=O) groups excluding carboxylic acids is 4. The van der Waals surface area contributed by atoms with E-state index in [9.17, 15) is 23.6 Å². The molecule has 0 spiro atoms. The number of halogens is 1. The minimum absolute atomic E-state index is 0.0299. The van der Waals surface area contributed by atoms with Gasteiger partial charge in [0.05, 0.1) is 18.3 Å². The Bertz CT molecular complexity index is 923. The Labute approximate surface area is 172 Å². The van der Waals surface area contributed by atoms with Gasteiger partial charge in [-0.15, -0.1) is 0 Å². The van der Waals surface area contributed by atoms with Crippen molar-refractivity contribution in [3.8, 4) is 0 Å². The van der Waals surface area contributed by atoms with E-state index in [-0.39, 0.29) is 48.5 Å². The highest BCUT2D eigenvalue weighted by atomic mass is 19.1. The van der Waals surface area contributed by atoms with Crippen molar-refractivity contribution < 1.29 is 28.3 Å². The van der Waals surface area contributed by atoms with Crippen LogP contribution in [0.4, 0.5) is 10.1 Å². The largest absolute Gasteiger partial charge is 0.456 e. The fraction of sp³-hybridized carbons (Fsp3) is 0.455. The van der Waals surface area contributed by atoms with Gasteiger partial charge in [0.25, 0.3) is 5.91 Å². The Hall–Kier alpha value is -3.03. The minimum Gasteiger partial charge on any atom is -0.456 e. The summed E-state index contributed by atoms with van der Waals surface area (Å²) >= 11 is 0. The number of benzene rings is 1. The molecule has 1 N–H and O–H groups in total. The lowest BCUT2D eigenvalue weighted by atomic mass is 9.63. The van der Waals surface area contributed by atoms with Gasteiger partial charge >= 0.3 is 5.97 Å². The Morgan fingerprint density at radius 3 is 2.23 bits per heavy atom. The maximum absolute atomic E-state index is 12.9. The molecule has 156 valence electrons. The predicted octanol–water partition coefficient (Wildman–Crippen LogP) is 1.75. The van der Waals surface area contributed by atoms with E-state index in [2.05, 4.69) is 17.5 Å². The van der Waals surface area contributed by atoms with Crippen molar-refractivity contribution in [2.24, 2.45) is 35.5 Å². The maximum atomic E-state index is 12.9. The first kappa shape index (κ1) is 19.0. The zero-order valence-electron chi connectivity index (χ0n) is 16.1. The smallest absolute Gasteiger partial charge is 0.308 e.